The number of aromatic nitrogens is 2. The van der Waals surface area contributed by atoms with Gasteiger partial charge in [-0.15, -0.1) is 0 Å². The molecule has 2 rings (SSSR count). The number of fused-ring (bicyclic) bond motifs is 1. The highest BCUT2D eigenvalue weighted by Crippen LogP contribution is 2.09. The monoisotopic (exact) mass is 231 g/mol. The fraction of sp³-hybridized carbons (Fsp3) is 0.231. The maximum absolute atomic E-state index is 10.9. The molecule has 0 radical (unpaired) electrons. The van der Waals surface area contributed by atoms with Crippen molar-refractivity contribution < 1.29 is 14.1 Å². The summed E-state index contributed by atoms with van der Waals surface area (Å²) in [7, 11) is 1.99. The molecule has 1 heterocycles. The van der Waals surface area contributed by atoms with Gasteiger partial charge >= 0.3 is 5.97 Å². The Morgan fingerprint density at radius 1 is 1.53 bits per heavy atom. The van der Waals surface area contributed by atoms with Gasteiger partial charge in [0.1, 0.15) is 13.2 Å². The minimum atomic E-state index is -0.383. The lowest BCUT2D eigenvalue weighted by molar-refractivity contribution is -0.645. The molecule has 1 aromatic heterocycles. The molecule has 0 aliphatic rings. The van der Waals surface area contributed by atoms with Crippen molar-refractivity contribution in [3.63, 3.8) is 0 Å². The molecule has 0 aliphatic carbocycles. The predicted octanol–water partition coefficient (Wildman–Crippen LogP) is 1.19. The fourth-order valence-corrected chi connectivity index (χ4v) is 1.82. The minimum Gasteiger partial charge on any atom is -0.458 e. The number of esters is 1. The number of hydrogen-bond acceptors (Lipinski definition) is 2. The Morgan fingerprint density at radius 3 is 3.06 bits per heavy atom. The molecule has 2 aromatic rings. The van der Waals surface area contributed by atoms with E-state index in [-0.39, 0.29) is 5.97 Å². The van der Waals surface area contributed by atoms with E-state index in [0.717, 1.165) is 11.0 Å². The van der Waals surface area contributed by atoms with Crippen LogP contribution in [0.3, 0.4) is 0 Å². The molecule has 0 saturated carbocycles. The first kappa shape index (κ1) is 11.4. The van der Waals surface area contributed by atoms with Crippen molar-refractivity contribution >= 4 is 17.0 Å². The van der Waals surface area contributed by atoms with Crippen molar-refractivity contribution in [2.75, 3.05) is 6.61 Å². The van der Waals surface area contributed by atoms with Crippen LogP contribution in [0.15, 0.2) is 43.2 Å². The summed E-state index contributed by atoms with van der Waals surface area (Å²) in [6.07, 6.45) is 3.17. The smallest absolute Gasteiger partial charge is 0.330 e. The molecule has 17 heavy (non-hydrogen) atoms. The quantitative estimate of drug-likeness (QED) is 0.450. The van der Waals surface area contributed by atoms with Crippen LogP contribution in [0.2, 0.25) is 0 Å². The summed E-state index contributed by atoms with van der Waals surface area (Å²) in [4.78, 5) is 10.9. The van der Waals surface area contributed by atoms with E-state index in [1.165, 1.54) is 6.08 Å². The second kappa shape index (κ2) is 4.82. The van der Waals surface area contributed by atoms with E-state index < -0.39 is 0 Å². The number of para-hydroxylation sites is 2. The molecular formula is C13H15N2O2+. The van der Waals surface area contributed by atoms with Gasteiger partial charge in [0, 0.05) is 6.08 Å². The first-order valence-corrected chi connectivity index (χ1v) is 5.45. The first-order valence-electron chi connectivity index (χ1n) is 5.45. The Balaban J connectivity index is 2.14. The third kappa shape index (κ3) is 2.36. The highest BCUT2D eigenvalue weighted by atomic mass is 16.5. The molecule has 0 N–H and O–H groups in total. The van der Waals surface area contributed by atoms with Crippen LogP contribution >= 0.6 is 0 Å². The van der Waals surface area contributed by atoms with E-state index in [1.807, 2.05) is 36.1 Å². The number of benzene rings is 1. The second-order valence-electron chi connectivity index (χ2n) is 3.78. The topological polar surface area (TPSA) is 35.1 Å². The number of ether oxygens (including phenoxy) is 1. The van der Waals surface area contributed by atoms with Crippen molar-refractivity contribution in [1.29, 1.82) is 0 Å². The average Bonchev–Trinajstić information content (AvgIpc) is 2.67. The molecule has 0 bridgehead atoms. The number of aryl methyl sites for hydroxylation is 1. The third-order valence-corrected chi connectivity index (χ3v) is 2.63. The number of carbonyl (C=O) groups excluding carboxylic acids is 1. The van der Waals surface area contributed by atoms with Crippen LogP contribution in [0.4, 0.5) is 0 Å². The average molecular weight is 231 g/mol. The van der Waals surface area contributed by atoms with Gasteiger partial charge in [-0.25, -0.2) is 13.9 Å². The van der Waals surface area contributed by atoms with E-state index in [4.69, 9.17) is 4.74 Å². The van der Waals surface area contributed by atoms with E-state index in [9.17, 15) is 4.79 Å². The first-order chi connectivity index (χ1) is 8.22. The second-order valence-corrected chi connectivity index (χ2v) is 3.78. The van der Waals surface area contributed by atoms with E-state index in [2.05, 4.69) is 17.2 Å². The highest BCUT2D eigenvalue weighted by molar-refractivity contribution is 5.81. The fourth-order valence-electron chi connectivity index (χ4n) is 1.82. The van der Waals surface area contributed by atoms with Crippen molar-refractivity contribution in [2.24, 2.45) is 7.05 Å². The number of hydrogen-bond donors (Lipinski definition) is 0. The Bertz CT molecular complexity index is 558. The standard InChI is InChI=1S/C13H15N2O2/c1-3-13(16)17-9-8-15-10-14(2)11-6-4-5-7-12(11)15/h3-7,10H,1,8-9H2,2H3/q+1. The van der Waals surface area contributed by atoms with Crippen LogP contribution in [-0.2, 0) is 23.1 Å². The van der Waals surface area contributed by atoms with Crippen molar-refractivity contribution in [1.82, 2.24) is 4.57 Å². The lowest BCUT2D eigenvalue weighted by Gasteiger charge is -1.99. The van der Waals surface area contributed by atoms with Crippen molar-refractivity contribution in [3.8, 4) is 0 Å². The van der Waals surface area contributed by atoms with E-state index in [0.29, 0.717) is 13.2 Å². The molecular weight excluding hydrogens is 216 g/mol. The van der Waals surface area contributed by atoms with Crippen LogP contribution in [0, 0.1) is 0 Å². The Hall–Kier alpha value is -2.10. The van der Waals surface area contributed by atoms with Gasteiger partial charge in [-0.3, -0.25) is 0 Å². The van der Waals surface area contributed by atoms with Crippen LogP contribution in [0.1, 0.15) is 0 Å². The van der Waals surface area contributed by atoms with Crippen LogP contribution in [0.5, 0.6) is 0 Å². The summed E-state index contributed by atoms with van der Waals surface area (Å²) < 4.78 is 9.07. The van der Waals surface area contributed by atoms with Gasteiger partial charge < -0.3 is 4.74 Å². The SMILES string of the molecule is C=CC(=O)OCCn1c[n+](C)c2ccccc21. The molecule has 1 aromatic carbocycles. The number of nitrogens with zero attached hydrogens (tertiary/aromatic N) is 2. The van der Waals surface area contributed by atoms with Gasteiger partial charge in [0.25, 0.3) is 0 Å². The molecule has 4 nitrogen and oxygen atoms in total. The molecule has 0 atom stereocenters. The maximum atomic E-state index is 10.9. The Kier molecular flexibility index (Phi) is 3.23. The van der Waals surface area contributed by atoms with Gasteiger partial charge in [0.05, 0.1) is 7.05 Å². The summed E-state index contributed by atoms with van der Waals surface area (Å²) in [6.45, 7) is 4.35. The largest absolute Gasteiger partial charge is 0.458 e. The van der Waals surface area contributed by atoms with Crippen molar-refractivity contribution in [3.05, 3.63) is 43.2 Å². The van der Waals surface area contributed by atoms with E-state index >= 15 is 0 Å². The highest BCUT2D eigenvalue weighted by Gasteiger charge is 2.11. The number of rotatable bonds is 4. The lowest BCUT2D eigenvalue weighted by Crippen LogP contribution is -2.25. The molecule has 88 valence electrons. The van der Waals surface area contributed by atoms with Crippen LogP contribution < -0.4 is 4.57 Å². The molecule has 0 amide bonds. The number of carbonyl (C=O) groups is 1. The Morgan fingerprint density at radius 2 is 2.29 bits per heavy atom. The molecule has 0 aliphatic heterocycles. The van der Waals surface area contributed by atoms with Crippen molar-refractivity contribution in [2.45, 2.75) is 6.54 Å². The lowest BCUT2D eigenvalue weighted by atomic mass is 10.3. The summed E-state index contributed by atoms with van der Waals surface area (Å²) in [5.41, 5.74) is 2.28. The number of imidazole rings is 1. The predicted molar refractivity (Wildman–Crippen MR) is 64.3 cm³/mol. The normalized spacial score (nSPS) is 10.4. The minimum absolute atomic E-state index is 0.351. The summed E-state index contributed by atoms with van der Waals surface area (Å²) in [6, 6.07) is 8.10. The summed E-state index contributed by atoms with van der Waals surface area (Å²) in [5.74, 6) is -0.383. The zero-order valence-corrected chi connectivity index (χ0v) is 9.80. The molecule has 0 saturated heterocycles. The zero-order chi connectivity index (χ0) is 12.3. The molecule has 0 unspecified atom stereocenters. The molecule has 4 heteroatoms. The van der Waals surface area contributed by atoms with Gasteiger partial charge in [0.15, 0.2) is 11.0 Å². The third-order valence-electron chi connectivity index (χ3n) is 2.63. The van der Waals surface area contributed by atoms with Gasteiger partial charge in [-0.05, 0) is 12.1 Å². The van der Waals surface area contributed by atoms with E-state index in [1.54, 1.807) is 0 Å². The maximum Gasteiger partial charge on any atom is 0.330 e. The van der Waals surface area contributed by atoms with Crippen LogP contribution in [0.25, 0.3) is 11.0 Å². The molecule has 0 fully saturated rings. The van der Waals surface area contributed by atoms with Gasteiger partial charge in [-0.2, -0.15) is 0 Å². The van der Waals surface area contributed by atoms with Gasteiger partial charge in [-0.1, -0.05) is 18.7 Å². The molecule has 0 spiro atoms. The van der Waals surface area contributed by atoms with Gasteiger partial charge in [0.2, 0.25) is 6.33 Å². The summed E-state index contributed by atoms with van der Waals surface area (Å²) in [5, 5.41) is 0. The summed E-state index contributed by atoms with van der Waals surface area (Å²) >= 11 is 0. The van der Waals surface area contributed by atoms with Crippen LogP contribution in [-0.4, -0.2) is 17.1 Å². The zero-order valence-electron chi connectivity index (χ0n) is 9.80. The Labute approximate surface area is 99.7 Å².